The minimum Gasteiger partial charge on any atom is -0.391 e. The Morgan fingerprint density at radius 3 is 2.41 bits per heavy atom. The molecule has 1 N–H and O–H groups in total. The zero-order valence-corrected chi connectivity index (χ0v) is 14.3. The number of benzene rings is 1. The molecule has 0 fully saturated rings. The molecule has 0 aliphatic rings. The standard InChI is InChI=1S/C17H22N2O2S/c1-17(2,3)13-7-5-12(6-8-13)11-22-15-9-18-19(4)16(21)14(15)10-20/h5-9,20H,10-11H2,1-4H3. The molecule has 1 aromatic carbocycles. The van der Waals surface area contributed by atoms with Gasteiger partial charge >= 0.3 is 0 Å². The molecule has 0 unspecified atom stereocenters. The van der Waals surface area contributed by atoms with E-state index in [4.69, 9.17) is 0 Å². The van der Waals surface area contributed by atoms with Gasteiger partial charge in [0.1, 0.15) is 0 Å². The Morgan fingerprint density at radius 1 is 1.23 bits per heavy atom. The first-order valence-electron chi connectivity index (χ1n) is 7.21. The molecule has 0 atom stereocenters. The van der Waals surface area contributed by atoms with Crippen LogP contribution in [0.1, 0.15) is 37.5 Å². The minimum absolute atomic E-state index is 0.144. The summed E-state index contributed by atoms with van der Waals surface area (Å²) >= 11 is 1.53. The average molecular weight is 318 g/mol. The van der Waals surface area contributed by atoms with Crippen molar-refractivity contribution in [1.82, 2.24) is 9.78 Å². The summed E-state index contributed by atoms with van der Waals surface area (Å²) in [7, 11) is 1.58. The van der Waals surface area contributed by atoms with E-state index in [0.29, 0.717) is 5.56 Å². The Labute approximate surface area is 135 Å². The fourth-order valence-corrected chi connectivity index (χ4v) is 3.06. The van der Waals surface area contributed by atoms with Gasteiger partial charge in [-0.05, 0) is 16.5 Å². The number of aliphatic hydroxyl groups is 1. The minimum atomic E-state index is -0.263. The summed E-state index contributed by atoms with van der Waals surface area (Å²) in [4.78, 5) is 12.7. The van der Waals surface area contributed by atoms with Crippen LogP contribution >= 0.6 is 11.8 Å². The first-order chi connectivity index (χ1) is 10.3. The number of hydrogen-bond acceptors (Lipinski definition) is 4. The Balaban J connectivity index is 2.14. The summed E-state index contributed by atoms with van der Waals surface area (Å²) in [5.74, 6) is 0.742. The quantitative estimate of drug-likeness (QED) is 0.881. The lowest BCUT2D eigenvalue weighted by atomic mass is 9.87. The first-order valence-corrected chi connectivity index (χ1v) is 8.19. The van der Waals surface area contributed by atoms with Crippen LogP contribution in [0.25, 0.3) is 0 Å². The van der Waals surface area contributed by atoms with Crippen molar-refractivity contribution >= 4 is 11.8 Å². The molecule has 0 aliphatic carbocycles. The second-order valence-electron chi connectivity index (χ2n) is 6.31. The predicted octanol–water partition coefficient (Wildman–Crippen LogP) is 2.86. The Morgan fingerprint density at radius 2 is 1.86 bits per heavy atom. The molecule has 0 aliphatic heterocycles. The van der Waals surface area contributed by atoms with E-state index >= 15 is 0 Å². The van der Waals surface area contributed by atoms with Crippen molar-refractivity contribution in [3.63, 3.8) is 0 Å². The summed E-state index contributed by atoms with van der Waals surface area (Å²) in [6.45, 7) is 6.31. The highest BCUT2D eigenvalue weighted by atomic mass is 32.2. The van der Waals surface area contributed by atoms with Crippen molar-refractivity contribution in [2.24, 2.45) is 7.05 Å². The van der Waals surface area contributed by atoms with Crippen LogP contribution in [0, 0.1) is 0 Å². The lowest BCUT2D eigenvalue weighted by Gasteiger charge is -2.19. The van der Waals surface area contributed by atoms with Crippen LogP contribution in [-0.4, -0.2) is 14.9 Å². The normalized spacial score (nSPS) is 11.7. The van der Waals surface area contributed by atoms with Crippen LogP contribution in [0.3, 0.4) is 0 Å². The molecule has 0 amide bonds. The molecular weight excluding hydrogens is 296 g/mol. The molecule has 2 rings (SSSR count). The lowest BCUT2D eigenvalue weighted by Crippen LogP contribution is -2.24. The maximum Gasteiger partial charge on any atom is 0.273 e. The third-order valence-electron chi connectivity index (χ3n) is 3.57. The third-order valence-corrected chi connectivity index (χ3v) is 4.71. The summed E-state index contributed by atoms with van der Waals surface area (Å²) in [5, 5.41) is 13.4. The topological polar surface area (TPSA) is 55.1 Å². The molecule has 0 bridgehead atoms. The van der Waals surface area contributed by atoms with E-state index in [-0.39, 0.29) is 17.6 Å². The monoisotopic (exact) mass is 318 g/mol. The van der Waals surface area contributed by atoms with Crippen molar-refractivity contribution in [3.8, 4) is 0 Å². The highest BCUT2D eigenvalue weighted by Crippen LogP contribution is 2.26. The van der Waals surface area contributed by atoms with Gasteiger partial charge in [-0.3, -0.25) is 4.79 Å². The van der Waals surface area contributed by atoms with Crippen LogP contribution < -0.4 is 5.56 Å². The Bertz CT molecular complexity index is 700. The van der Waals surface area contributed by atoms with Gasteiger partial charge in [0, 0.05) is 17.7 Å². The van der Waals surface area contributed by atoms with Gasteiger partial charge in [0.25, 0.3) is 5.56 Å². The van der Waals surface area contributed by atoms with Crippen molar-refractivity contribution in [1.29, 1.82) is 0 Å². The lowest BCUT2D eigenvalue weighted by molar-refractivity contribution is 0.275. The number of thioether (sulfide) groups is 1. The number of aryl methyl sites for hydroxylation is 1. The van der Waals surface area contributed by atoms with Crippen molar-refractivity contribution in [2.45, 2.75) is 43.4 Å². The van der Waals surface area contributed by atoms with Crippen LogP contribution in [0.15, 0.2) is 40.2 Å². The molecule has 5 heteroatoms. The Hall–Kier alpha value is -1.59. The summed E-state index contributed by atoms with van der Waals surface area (Å²) in [5.41, 5.74) is 2.80. The summed E-state index contributed by atoms with van der Waals surface area (Å²) in [6, 6.07) is 8.51. The molecule has 1 aromatic heterocycles. The molecule has 118 valence electrons. The number of aliphatic hydroxyl groups excluding tert-OH is 1. The van der Waals surface area contributed by atoms with E-state index in [2.05, 4.69) is 50.1 Å². The predicted molar refractivity (Wildman–Crippen MR) is 90.1 cm³/mol. The highest BCUT2D eigenvalue weighted by molar-refractivity contribution is 7.98. The van der Waals surface area contributed by atoms with Crippen LogP contribution in [-0.2, 0) is 24.8 Å². The second kappa shape index (κ2) is 6.67. The van der Waals surface area contributed by atoms with Gasteiger partial charge in [-0.2, -0.15) is 5.10 Å². The SMILES string of the molecule is Cn1ncc(SCc2ccc(C(C)(C)C)cc2)c(CO)c1=O. The van der Waals surface area contributed by atoms with Gasteiger partial charge in [-0.15, -0.1) is 11.8 Å². The average Bonchev–Trinajstić information content (AvgIpc) is 2.48. The molecule has 0 radical (unpaired) electrons. The largest absolute Gasteiger partial charge is 0.391 e. The van der Waals surface area contributed by atoms with E-state index in [1.165, 1.54) is 27.6 Å². The fraction of sp³-hybridized carbons (Fsp3) is 0.412. The maximum absolute atomic E-state index is 11.9. The first kappa shape index (κ1) is 16.8. The number of aromatic nitrogens is 2. The van der Waals surface area contributed by atoms with Gasteiger partial charge in [0.15, 0.2) is 0 Å². The number of hydrogen-bond donors (Lipinski definition) is 1. The van der Waals surface area contributed by atoms with Crippen LogP contribution in [0.5, 0.6) is 0 Å². The molecule has 0 saturated heterocycles. The van der Waals surface area contributed by atoms with Crippen molar-refractivity contribution < 1.29 is 5.11 Å². The smallest absolute Gasteiger partial charge is 0.273 e. The maximum atomic E-state index is 11.9. The third kappa shape index (κ3) is 3.78. The van der Waals surface area contributed by atoms with Gasteiger partial charge in [0.05, 0.1) is 18.4 Å². The van der Waals surface area contributed by atoms with E-state index in [9.17, 15) is 9.90 Å². The van der Waals surface area contributed by atoms with Crippen LogP contribution in [0.2, 0.25) is 0 Å². The van der Waals surface area contributed by atoms with Gasteiger partial charge in [-0.1, -0.05) is 45.0 Å². The zero-order chi connectivity index (χ0) is 16.3. The Kier molecular flexibility index (Phi) is 5.08. The molecular formula is C17H22N2O2S. The molecule has 0 spiro atoms. The van der Waals surface area contributed by atoms with E-state index < -0.39 is 0 Å². The van der Waals surface area contributed by atoms with E-state index in [0.717, 1.165) is 10.6 Å². The molecule has 22 heavy (non-hydrogen) atoms. The van der Waals surface area contributed by atoms with Gasteiger partial charge in [-0.25, -0.2) is 4.68 Å². The number of nitrogens with zero attached hydrogens (tertiary/aromatic N) is 2. The zero-order valence-electron chi connectivity index (χ0n) is 13.5. The molecule has 4 nitrogen and oxygen atoms in total. The highest BCUT2D eigenvalue weighted by Gasteiger charge is 2.13. The van der Waals surface area contributed by atoms with Crippen LogP contribution in [0.4, 0.5) is 0 Å². The van der Waals surface area contributed by atoms with Crippen molar-refractivity contribution in [3.05, 3.63) is 57.5 Å². The van der Waals surface area contributed by atoms with Gasteiger partial charge < -0.3 is 5.11 Å². The van der Waals surface area contributed by atoms with Gasteiger partial charge in [0.2, 0.25) is 0 Å². The van der Waals surface area contributed by atoms with E-state index in [1.807, 2.05) is 0 Å². The summed E-state index contributed by atoms with van der Waals surface area (Å²) < 4.78 is 1.24. The molecule has 1 heterocycles. The molecule has 0 saturated carbocycles. The van der Waals surface area contributed by atoms with Crippen molar-refractivity contribution in [2.75, 3.05) is 0 Å². The molecule has 2 aromatic rings. The second-order valence-corrected chi connectivity index (χ2v) is 7.33. The fourth-order valence-electron chi connectivity index (χ4n) is 2.10. The number of rotatable bonds is 4. The van der Waals surface area contributed by atoms with E-state index in [1.54, 1.807) is 13.2 Å². The summed E-state index contributed by atoms with van der Waals surface area (Å²) in [6.07, 6.45) is 1.64.